The molecule has 0 amide bonds. The monoisotopic (exact) mass is 281 g/mol. The fourth-order valence-electron chi connectivity index (χ4n) is 3.67. The van der Waals surface area contributed by atoms with Crippen LogP contribution >= 0.6 is 11.8 Å². The van der Waals surface area contributed by atoms with E-state index in [2.05, 4.69) is 21.7 Å². The number of carboxylic acid groups (broad SMARTS) is 1. The highest BCUT2D eigenvalue weighted by molar-refractivity contribution is 7.99. The summed E-state index contributed by atoms with van der Waals surface area (Å²) in [6.45, 7) is 2.89. The zero-order chi connectivity index (χ0) is 13.4. The van der Waals surface area contributed by atoms with E-state index in [0.717, 1.165) is 29.4 Å². The van der Waals surface area contributed by atoms with Crippen LogP contribution in [-0.4, -0.2) is 31.6 Å². The van der Waals surface area contributed by atoms with Crippen molar-refractivity contribution in [3.63, 3.8) is 0 Å². The van der Waals surface area contributed by atoms with E-state index < -0.39 is 5.97 Å². The van der Waals surface area contributed by atoms with Crippen molar-refractivity contribution in [1.82, 2.24) is 14.8 Å². The number of thioether (sulfide) groups is 1. The fraction of sp³-hybridized carbons (Fsp3) is 0.769. The van der Waals surface area contributed by atoms with Crippen LogP contribution in [-0.2, 0) is 11.3 Å². The van der Waals surface area contributed by atoms with Crippen molar-refractivity contribution in [3.05, 3.63) is 5.82 Å². The number of carbonyl (C=O) groups is 1. The van der Waals surface area contributed by atoms with Crippen LogP contribution in [0, 0.1) is 11.8 Å². The number of aliphatic carboxylic acids is 1. The Morgan fingerprint density at radius 1 is 1.42 bits per heavy atom. The first-order chi connectivity index (χ1) is 9.19. The molecular formula is C13H19N3O2S. The lowest BCUT2D eigenvalue weighted by Crippen LogP contribution is -2.15. The molecule has 19 heavy (non-hydrogen) atoms. The van der Waals surface area contributed by atoms with E-state index in [0.29, 0.717) is 5.92 Å². The van der Waals surface area contributed by atoms with Crippen molar-refractivity contribution in [2.24, 2.45) is 11.8 Å². The molecule has 6 heteroatoms. The number of carboxylic acids is 1. The molecule has 2 aliphatic carbocycles. The summed E-state index contributed by atoms with van der Waals surface area (Å²) in [5.74, 6) is 2.53. The van der Waals surface area contributed by atoms with Gasteiger partial charge in [-0.05, 0) is 38.0 Å². The van der Waals surface area contributed by atoms with Crippen molar-refractivity contribution in [3.8, 4) is 0 Å². The van der Waals surface area contributed by atoms with Crippen LogP contribution in [0.5, 0.6) is 0 Å². The second kappa shape index (κ2) is 5.15. The van der Waals surface area contributed by atoms with Gasteiger partial charge in [-0.15, -0.1) is 10.2 Å². The van der Waals surface area contributed by atoms with Gasteiger partial charge in [0.15, 0.2) is 5.16 Å². The summed E-state index contributed by atoms with van der Waals surface area (Å²) in [6, 6.07) is 0. The Kier molecular flexibility index (Phi) is 3.52. The van der Waals surface area contributed by atoms with Crippen LogP contribution in [0.4, 0.5) is 0 Å². The minimum Gasteiger partial charge on any atom is -0.481 e. The van der Waals surface area contributed by atoms with Crippen molar-refractivity contribution in [2.45, 2.75) is 50.2 Å². The van der Waals surface area contributed by atoms with E-state index in [1.807, 2.05) is 0 Å². The molecule has 2 bridgehead atoms. The lowest BCUT2D eigenvalue weighted by atomic mass is 9.88. The van der Waals surface area contributed by atoms with Crippen LogP contribution in [0.3, 0.4) is 0 Å². The van der Waals surface area contributed by atoms with Gasteiger partial charge in [0.2, 0.25) is 0 Å². The third-order valence-electron chi connectivity index (χ3n) is 4.46. The summed E-state index contributed by atoms with van der Waals surface area (Å²) in [4.78, 5) is 10.7. The van der Waals surface area contributed by atoms with Gasteiger partial charge >= 0.3 is 5.97 Å². The molecule has 2 fully saturated rings. The van der Waals surface area contributed by atoms with Crippen molar-refractivity contribution < 1.29 is 9.90 Å². The third kappa shape index (κ3) is 2.38. The van der Waals surface area contributed by atoms with Crippen LogP contribution in [0.1, 0.15) is 44.3 Å². The Balaban J connectivity index is 1.80. The summed E-state index contributed by atoms with van der Waals surface area (Å²) >= 11 is 1.27. The quantitative estimate of drug-likeness (QED) is 0.839. The Hall–Kier alpha value is -1.04. The number of fused-ring (bicyclic) bond motifs is 2. The first-order valence-corrected chi connectivity index (χ1v) is 7.95. The van der Waals surface area contributed by atoms with Gasteiger partial charge in [0.1, 0.15) is 5.82 Å². The SMILES string of the molecule is CCn1c(SCC(=O)O)nnc1C1CC2CCC1C2. The van der Waals surface area contributed by atoms with E-state index in [1.54, 1.807) is 0 Å². The van der Waals surface area contributed by atoms with E-state index in [1.165, 1.54) is 37.4 Å². The Labute approximate surface area is 116 Å². The predicted molar refractivity (Wildman–Crippen MR) is 72.2 cm³/mol. The van der Waals surface area contributed by atoms with Crippen molar-refractivity contribution in [2.75, 3.05) is 5.75 Å². The highest BCUT2D eigenvalue weighted by atomic mass is 32.2. The third-order valence-corrected chi connectivity index (χ3v) is 5.41. The molecule has 0 aromatic carbocycles. The Morgan fingerprint density at radius 2 is 2.26 bits per heavy atom. The molecule has 104 valence electrons. The van der Waals surface area contributed by atoms with E-state index in [-0.39, 0.29) is 5.75 Å². The average Bonchev–Trinajstić information content (AvgIpc) is 3.09. The highest BCUT2D eigenvalue weighted by Gasteiger charge is 2.42. The maximum Gasteiger partial charge on any atom is 0.313 e. The Bertz CT molecular complexity index is 488. The van der Waals surface area contributed by atoms with Gasteiger partial charge in [-0.25, -0.2) is 0 Å². The average molecular weight is 281 g/mol. The standard InChI is InChI=1S/C13H19N3O2S/c1-2-16-12(10-6-8-3-4-9(10)5-8)14-15-13(16)19-7-11(17)18/h8-10H,2-7H2,1H3,(H,17,18). The number of hydrogen-bond acceptors (Lipinski definition) is 4. The van der Waals surface area contributed by atoms with Crippen molar-refractivity contribution >= 4 is 17.7 Å². The van der Waals surface area contributed by atoms with Gasteiger partial charge in [0, 0.05) is 12.5 Å². The van der Waals surface area contributed by atoms with E-state index >= 15 is 0 Å². The molecule has 3 unspecified atom stereocenters. The first kappa shape index (κ1) is 13.0. The molecule has 2 aliphatic rings. The number of aromatic nitrogens is 3. The molecular weight excluding hydrogens is 262 g/mol. The lowest BCUT2D eigenvalue weighted by molar-refractivity contribution is -0.133. The topological polar surface area (TPSA) is 68.0 Å². The predicted octanol–water partition coefficient (Wildman–Crippen LogP) is 2.38. The van der Waals surface area contributed by atoms with Crippen molar-refractivity contribution in [1.29, 1.82) is 0 Å². The maximum atomic E-state index is 10.7. The molecule has 1 N–H and O–H groups in total. The lowest BCUT2D eigenvalue weighted by Gasteiger charge is -2.21. The minimum absolute atomic E-state index is 0.0504. The highest BCUT2D eigenvalue weighted by Crippen LogP contribution is 2.52. The molecule has 1 aromatic rings. The fourth-order valence-corrected chi connectivity index (χ4v) is 4.40. The summed E-state index contributed by atoms with van der Waals surface area (Å²) in [5.41, 5.74) is 0. The largest absolute Gasteiger partial charge is 0.481 e. The van der Waals surface area contributed by atoms with Gasteiger partial charge in [0.25, 0.3) is 0 Å². The minimum atomic E-state index is -0.808. The van der Waals surface area contributed by atoms with Crippen LogP contribution in [0.25, 0.3) is 0 Å². The second-order valence-electron chi connectivity index (χ2n) is 5.55. The zero-order valence-electron chi connectivity index (χ0n) is 11.1. The molecule has 0 radical (unpaired) electrons. The Morgan fingerprint density at radius 3 is 2.84 bits per heavy atom. The summed E-state index contributed by atoms with van der Waals surface area (Å²) in [7, 11) is 0. The number of rotatable bonds is 5. The molecule has 0 spiro atoms. The smallest absolute Gasteiger partial charge is 0.313 e. The van der Waals surface area contributed by atoms with Gasteiger partial charge < -0.3 is 9.67 Å². The van der Waals surface area contributed by atoms with Crippen LogP contribution in [0.2, 0.25) is 0 Å². The normalized spacial score (nSPS) is 29.0. The van der Waals surface area contributed by atoms with E-state index in [9.17, 15) is 4.79 Å². The number of hydrogen-bond donors (Lipinski definition) is 1. The van der Waals surface area contributed by atoms with Gasteiger partial charge in [-0.3, -0.25) is 4.79 Å². The molecule has 3 atom stereocenters. The van der Waals surface area contributed by atoms with Crippen LogP contribution in [0.15, 0.2) is 5.16 Å². The molecule has 0 saturated heterocycles. The van der Waals surface area contributed by atoms with Crippen LogP contribution < -0.4 is 0 Å². The second-order valence-corrected chi connectivity index (χ2v) is 6.49. The zero-order valence-corrected chi connectivity index (χ0v) is 11.9. The molecule has 3 rings (SSSR count). The molecule has 0 aliphatic heterocycles. The summed E-state index contributed by atoms with van der Waals surface area (Å²) in [5, 5.41) is 18.1. The molecule has 5 nitrogen and oxygen atoms in total. The first-order valence-electron chi connectivity index (χ1n) is 6.96. The molecule has 1 heterocycles. The summed E-state index contributed by atoms with van der Waals surface area (Å²) < 4.78 is 2.11. The van der Waals surface area contributed by atoms with E-state index in [4.69, 9.17) is 5.11 Å². The van der Waals surface area contributed by atoms with Gasteiger partial charge in [-0.1, -0.05) is 18.2 Å². The summed E-state index contributed by atoms with van der Waals surface area (Å²) in [6.07, 6.45) is 5.29. The maximum absolute atomic E-state index is 10.7. The molecule has 2 saturated carbocycles. The van der Waals surface area contributed by atoms with Gasteiger partial charge in [-0.2, -0.15) is 0 Å². The van der Waals surface area contributed by atoms with Gasteiger partial charge in [0.05, 0.1) is 5.75 Å². The number of nitrogens with zero attached hydrogens (tertiary/aromatic N) is 3. The molecule has 1 aromatic heterocycles.